The molecule has 0 saturated heterocycles. The SMILES string of the molecule is Cc1ccc(OCCN2C(=O)c3ccccc3C2=O)c(Br)c1. The molecule has 112 valence electrons. The summed E-state index contributed by atoms with van der Waals surface area (Å²) < 4.78 is 6.51. The smallest absolute Gasteiger partial charge is 0.261 e. The Morgan fingerprint density at radius 3 is 2.27 bits per heavy atom. The number of fused-ring (bicyclic) bond motifs is 1. The van der Waals surface area contributed by atoms with Crippen molar-refractivity contribution in [3.8, 4) is 5.75 Å². The lowest BCUT2D eigenvalue weighted by Gasteiger charge is -2.15. The molecule has 2 aromatic rings. The molecule has 22 heavy (non-hydrogen) atoms. The Kier molecular flexibility index (Phi) is 3.98. The van der Waals surface area contributed by atoms with Crippen molar-refractivity contribution in [2.45, 2.75) is 6.92 Å². The third-order valence-electron chi connectivity index (χ3n) is 3.54. The maximum atomic E-state index is 12.2. The predicted octanol–water partition coefficient (Wildman–Crippen LogP) is 3.43. The summed E-state index contributed by atoms with van der Waals surface area (Å²) in [5.74, 6) is 0.182. The highest BCUT2D eigenvalue weighted by Gasteiger charge is 2.34. The summed E-state index contributed by atoms with van der Waals surface area (Å²) in [6, 6.07) is 12.6. The summed E-state index contributed by atoms with van der Waals surface area (Å²) in [6.45, 7) is 2.48. The second-order valence-corrected chi connectivity index (χ2v) is 5.94. The van der Waals surface area contributed by atoms with Crippen molar-refractivity contribution in [3.05, 3.63) is 63.6 Å². The van der Waals surface area contributed by atoms with Crippen molar-refractivity contribution < 1.29 is 14.3 Å². The van der Waals surface area contributed by atoms with Crippen LogP contribution in [0.1, 0.15) is 26.3 Å². The number of ether oxygens (including phenoxy) is 1. The molecule has 3 rings (SSSR count). The van der Waals surface area contributed by atoms with Gasteiger partial charge in [-0.25, -0.2) is 0 Å². The topological polar surface area (TPSA) is 46.6 Å². The van der Waals surface area contributed by atoms with Gasteiger partial charge in [0.15, 0.2) is 0 Å². The number of aryl methyl sites for hydroxylation is 1. The molecule has 0 fully saturated rings. The average molecular weight is 360 g/mol. The van der Waals surface area contributed by atoms with Crippen molar-refractivity contribution in [2.75, 3.05) is 13.2 Å². The van der Waals surface area contributed by atoms with Crippen LogP contribution in [-0.4, -0.2) is 29.9 Å². The number of benzene rings is 2. The van der Waals surface area contributed by atoms with Crippen LogP contribution in [0.4, 0.5) is 0 Å². The second kappa shape index (κ2) is 5.93. The fraction of sp³-hybridized carbons (Fsp3) is 0.176. The Bertz CT molecular complexity index is 722. The standard InChI is InChI=1S/C17H14BrNO3/c1-11-6-7-15(14(18)10-11)22-9-8-19-16(20)12-4-2-3-5-13(12)17(19)21/h2-7,10H,8-9H2,1H3. The third-order valence-corrected chi connectivity index (χ3v) is 4.16. The minimum absolute atomic E-state index is 0.229. The fourth-order valence-corrected chi connectivity index (χ4v) is 3.02. The van der Waals surface area contributed by atoms with Gasteiger partial charge in [0.1, 0.15) is 12.4 Å². The fourth-order valence-electron chi connectivity index (χ4n) is 2.41. The maximum Gasteiger partial charge on any atom is 0.261 e. The number of carbonyl (C=O) groups is 2. The number of amides is 2. The van der Waals surface area contributed by atoms with Gasteiger partial charge < -0.3 is 4.74 Å². The van der Waals surface area contributed by atoms with E-state index in [0.29, 0.717) is 16.9 Å². The van der Waals surface area contributed by atoms with Crippen LogP contribution in [-0.2, 0) is 0 Å². The van der Waals surface area contributed by atoms with E-state index < -0.39 is 0 Å². The van der Waals surface area contributed by atoms with Gasteiger partial charge in [0.05, 0.1) is 22.1 Å². The van der Waals surface area contributed by atoms with E-state index >= 15 is 0 Å². The average Bonchev–Trinajstić information content (AvgIpc) is 2.75. The van der Waals surface area contributed by atoms with Gasteiger partial charge >= 0.3 is 0 Å². The lowest BCUT2D eigenvalue weighted by molar-refractivity contribution is 0.0631. The van der Waals surface area contributed by atoms with E-state index in [1.54, 1.807) is 24.3 Å². The summed E-state index contributed by atoms with van der Waals surface area (Å²) in [4.78, 5) is 25.6. The zero-order chi connectivity index (χ0) is 15.7. The summed E-state index contributed by atoms with van der Waals surface area (Å²) >= 11 is 3.44. The molecule has 0 aliphatic carbocycles. The van der Waals surface area contributed by atoms with Gasteiger partial charge in [0.2, 0.25) is 0 Å². The first-order valence-electron chi connectivity index (χ1n) is 6.92. The Morgan fingerprint density at radius 2 is 1.68 bits per heavy atom. The first kappa shape index (κ1) is 14.8. The zero-order valence-electron chi connectivity index (χ0n) is 12.0. The summed E-state index contributed by atoms with van der Waals surface area (Å²) in [5, 5.41) is 0. The lowest BCUT2D eigenvalue weighted by Crippen LogP contribution is -2.33. The van der Waals surface area contributed by atoms with E-state index in [9.17, 15) is 9.59 Å². The Labute approximate surface area is 136 Å². The first-order chi connectivity index (χ1) is 10.6. The highest BCUT2D eigenvalue weighted by molar-refractivity contribution is 9.10. The Morgan fingerprint density at radius 1 is 1.05 bits per heavy atom. The molecule has 0 saturated carbocycles. The van der Waals surface area contributed by atoms with E-state index in [4.69, 9.17) is 4.74 Å². The van der Waals surface area contributed by atoms with E-state index in [0.717, 1.165) is 10.0 Å². The molecule has 1 aliphatic heterocycles. The van der Waals surface area contributed by atoms with Gasteiger partial charge in [0, 0.05) is 0 Å². The number of halogens is 1. The van der Waals surface area contributed by atoms with Crippen molar-refractivity contribution in [2.24, 2.45) is 0 Å². The van der Waals surface area contributed by atoms with E-state index in [1.807, 2.05) is 25.1 Å². The van der Waals surface area contributed by atoms with E-state index in [-0.39, 0.29) is 25.0 Å². The van der Waals surface area contributed by atoms with Crippen LogP contribution >= 0.6 is 15.9 Å². The van der Waals surface area contributed by atoms with Crippen molar-refractivity contribution in [1.82, 2.24) is 4.90 Å². The number of imide groups is 1. The molecule has 5 heteroatoms. The molecule has 0 spiro atoms. The molecule has 2 amide bonds. The highest BCUT2D eigenvalue weighted by atomic mass is 79.9. The van der Waals surface area contributed by atoms with Gasteiger partial charge in [-0.3, -0.25) is 14.5 Å². The van der Waals surface area contributed by atoms with Gasteiger partial charge in [-0.05, 0) is 52.7 Å². The van der Waals surface area contributed by atoms with Crippen LogP contribution in [0.3, 0.4) is 0 Å². The lowest BCUT2D eigenvalue weighted by atomic mass is 10.1. The quantitative estimate of drug-likeness (QED) is 0.785. The Hall–Kier alpha value is -2.14. The minimum atomic E-state index is -0.257. The minimum Gasteiger partial charge on any atom is -0.491 e. The van der Waals surface area contributed by atoms with Gasteiger partial charge in [-0.1, -0.05) is 18.2 Å². The van der Waals surface area contributed by atoms with E-state index in [1.165, 1.54) is 4.90 Å². The van der Waals surface area contributed by atoms with Crippen molar-refractivity contribution in [1.29, 1.82) is 0 Å². The van der Waals surface area contributed by atoms with Crippen molar-refractivity contribution in [3.63, 3.8) is 0 Å². The molecule has 0 atom stereocenters. The predicted molar refractivity (Wildman–Crippen MR) is 86.2 cm³/mol. The van der Waals surface area contributed by atoms with Crippen LogP contribution in [0.2, 0.25) is 0 Å². The molecule has 0 bridgehead atoms. The molecule has 0 N–H and O–H groups in total. The summed E-state index contributed by atoms with van der Waals surface area (Å²) in [6.07, 6.45) is 0. The monoisotopic (exact) mass is 359 g/mol. The number of carbonyl (C=O) groups excluding carboxylic acids is 2. The van der Waals surface area contributed by atoms with Gasteiger partial charge in [-0.15, -0.1) is 0 Å². The largest absolute Gasteiger partial charge is 0.491 e. The number of rotatable bonds is 4. The van der Waals surface area contributed by atoms with Crippen LogP contribution in [0, 0.1) is 6.92 Å². The van der Waals surface area contributed by atoms with Crippen LogP contribution in [0.5, 0.6) is 5.75 Å². The molecule has 0 aromatic heterocycles. The summed E-state index contributed by atoms with van der Waals surface area (Å²) in [5.41, 5.74) is 2.05. The first-order valence-corrected chi connectivity index (χ1v) is 7.71. The van der Waals surface area contributed by atoms with Crippen LogP contribution in [0.15, 0.2) is 46.9 Å². The molecule has 4 nitrogen and oxygen atoms in total. The van der Waals surface area contributed by atoms with Crippen molar-refractivity contribution >= 4 is 27.7 Å². The third kappa shape index (κ3) is 2.64. The Balaban J connectivity index is 1.66. The van der Waals surface area contributed by atoms with Crippen LogP contribution < -0.4 is 4.74 Å². The van der Waals surface area contributed by atoms with Crippen LogP contribution in [0.25, 0.3) is 0 Å². The number of hydrogen-bond acceptors (Lipinski definition) is 3. The second-order valence-electron chi connectivity index (χ2n) is 5.09. The molecular formula is C17H14BrNO3. The van der Waals surface area contributed by atoms with E-state index in [2.05, 4.69) is 15.9 Å². The molecule has 1 heterocycles. The molecule has 0 unspecified atom stereocenters. The zero-order valence-corrected chi connectivity index (χ0v) is 13.6. The number of nitrogens with zero attached hydrogens (tertiary/aromatic N) is 1. The molecule has 0 radical (unpaired) electrons. The molecule has 2 aromatic carbocycles. The maximum absolute atomic E-state index is 12.2. The highest BCUT2D eigenvalue weighted by Crippen LogP contribution is 2.26. The molecule has 1 aliphatic rings. The molecular weight excluding hydrogens is 346 g/mol. The summed E-state index contributed by atoms with van der Waals surface area (Å²) in [7, 11) is 0. The normalized spacial score (nSPS) is 13.5. The van der Waals surface area contributed by atoms with Gasteiger partial charge in [-0.2, -0.15) is 0 Å². The number of hydrogen-bond donors (Lipinski definition) is 0. The van der Waals surface area contributed by atoms with Gasteiger partial charge in [0.25, 0.3) is 11.8 Å².